The highest BCUT2D eigenvalue weighted by atomic mass is 79.9. The molecule has 1 aromatic rings. The predicted molar refractivity (Wildman–Crippen MR) is 81.8 cm³/mol. The molecule has 0 aliphatic carbocycles. The summed E-state index contributed by atoms with van der Waals surface area (Å²) in [5, 5.41) is 2.91. The van der Waals surface area contributed by atoms with Crippen molar-refractivity contribution in [3.05, 3.63) is 33.8 Å². The van der Waals surface area contributed by atoms with E-state index in [1.165, 1.54) is 0 Å². The van der Waals surface area contributed by atoms with Gasteiger partial charge in [-0.3, -0.25) is 4.90 Å². The molecule has 1 N–H and O–H groups in total. The van der Waals surface area contributed by atoms with E-state index in [2.05, 4.69) is 21.2 Å². The van der Waals surface area contributed by atoms with Crippen LogP contribution < -0.4 is 5.32 Å². The van der Waals surface area contributed by atoms with Crippen molar-refractivity contribution in [3.8, 4) is 0 Å². The summed E-state index contributed by atoms with van der Waals surface area (Å²) < 4.78 is 67.5. The first-order valence-electron chi connectivity index (χ1n) is 5.96. The lowest BCUT2D eigenvalue weighted by Crippen LogP contribution is -2.49. The minimum absolute atomic E-state index is 0. The van der Waals surface area contributed by atoms with E-state index in [0.717, 1.165) is 17.0 Å². The smallest absolute Gasteiger partial charge is 0.314 e. The fraction of sp³-hybridized carbons (Fsp3) is 0.500. The van der Waals surface area contributed by atoms with Crippen LogP contribution >= 0.6 is 40.7 Å². The number of halogens is 8. The SMILES string of the molecule is Cl.Cl.Fc1cc(Br)cc(F)c1[C@@H](N1CCNCC1)C(F)(F)F. The van der Waals surface area contributed by atoms with Crippen molar-refractivity contribution in [3.63, 3.8) is 0 Å². The van der Waals surface area contributed by atoms with Gasteiger partial charge in [0, 0.05) is 36.2 Å². The number of hydrogen-bond acceptors (Lipinski definition) is 2. The highest BCUT2D eigenvalue weighted by Crippen LogP contribution is 2.40. The third-order valence-corrected chi connectivity index (χ3v) is 3.60. The Bertz CT molecular complexity index is 472. The minimum Gasteiger partial charge on any atom is -0.314 e. The summed E-state index contributed by atoms with van der Waals surface area (Å²) in [6, 6.07) is -0.573. The third kappa shape index (κ3) is 4.92. The van der Waals surface area contributed by atoms with Crippen LogP contribution in [0.15, 0.2) is 16.6 Å². The second-order valence-corrected chi connectivity index (χ2v) is 5.43. The summed E-state index contributed by atoms with van der Waals surface area (Å²) in [5.74, 6) is -2.39. The molecular formula is C12H14BrCl2F5N2. The largest absolute Gasteiger partial charge is 0.408 e. The molecule has 10 heteroatoms. The molecule has 128 valence electrons. The number of nitrogens with zero attached hydrogens (tertiary/aromatic N) is 1. The number of hydrogen-bond donors (Lipinski definition) is 1. The molecule has 0 bridgehead atoms. The fourth-order valence-electron chi connectivity index (χ4n) is 2.31. The lowest BCUT2D eigenvalue weighted by Gasteiger charge is -2.36. The molecule has 0 radical (unpaired) electrons. The second-order valence-electron chi connectivity index (χ2n) is 4.51. The Labute approximate surface area is 145 Å². The van der Waals surface area contributed by atoms with Crippen LogP contribution in [-0.4, -0.2) is 37.3 Å². The molecule has 2 nitrogen and oxygen atoms in total. The second kappa shape index (κ2) is 8.63. The Hall–Kier alpha value is -0.150. The van der Waals surface area contributed by atoms with Crippen LogP contribution in [0.25, 0.3) is 0 Å². The first-order chi connectivity index (χ1) is 9.30. The Morgan fingerprint density at radius 3 is 1.91 bits per heavy atom. The van der Waals surface area contributed by atoms with Crippen LogP contribution in [-0.2, 0) is 0 Å². The number of alkyl halides is 3. The van der Waals surface area contributed by atoms with Crippen molar-refractivity contribution in [2.45, 2.75) is 12.2 Å². The van der Waals surface area contributed by atoms with Crippen molar-refractivity contribution in [1.82, 2.24) is 10.2 Å². The summed E-state index contributed by atoms with van der Waals surface area (Å²) in [4.78, 5) is 1.05. The van der Waals surface area contributed by atoms with Gasteiger partial charge in [-0.15, -0.1) is 24.8 Å². The van der Waals surface area contributed by atoms with Gasteiger partial charge in [0.1, 0.15) is 17.7 Å². The van der Waals surface area contributed by atoms with E-state index in [1.807, 2.05) is 0 Å². The van der Waals surface area contributed by atoms with Crippen LogP contribution in [0.1, 0.15) is 11.6 Å². The van der Waals surface area contributed by atoms with E-state index >= 15 is 0 Å². The molecule has 1 heterocycles. The van der Waals surface area contributed by atoms with Gasteiger partial charge in [0.05, 0.1) is 0 Å². The van der Waals surface area contributed by atoms with Crippen molar-refractivity contribution >= 4 is 40.7 Å². The van der Waals surface area contributed by atoms with Crippen LogP contribution in [0, 0.1) is 11.6 Å². The molecule has 1 atom stereocenters. The molecule has 1 aliphatic heterocycles. The van der Waals surface area contributed by atoms with E-state index in [9.17, 15) is 22.0 Å². The number of nitrogens with one attached hydrogen (secondary N) is 1. The monoisotopic (exact) mass is 430 g/mol. The van der Waals surface area contributed by atoms with Crippen LogP contribution in [0.3, 0.4) is 0 Å². The fourth-order valence-corrected chi connectivity index (χ4v) is 2.71. The normalized spacial score (nSPS) is 17.4. The maximum atomic E-state index is 13.8. The van der Waals surface area contributed by atoms with Crippen molar-refractivity contribution < 1.29 is 22.0 Å². The summed E-state index contributed by atoms with van der Waals surface area (Å²) in [6.07, 6.45) is -4.74. The van der Waals surface area contributed by atoms with Crippen LogP contribution in [0.5, 0.6) is 0 Å². The summed E-state index contributed by atoms with van der Waals surface area (Å²) in [5.41, 5.74) is -0.942. The van der Waals surface area contributed by atoms with Crippen LogP contribution in [0.2, 0.25) is 0 Å². The van der Waals surface area contributed by atoms with Gasteiger partial charge in [0.2, 0.25) is 0 Å². The standard InChI is InChI=1S/C12H12BrF5N2.2ClH/c13-7-5-8(14)10(9(15)6-7)11(12(16,17)18)20-3-1-19-2-4-20;;/h5-6,11,19H,1-4H2;2*1H/t11-;;/m1../s1. The third-order valence-electron chi connectivity index (χ3n) is 3.14. The van der Waals surface area contributed by atoms with Gasteiger partial charge in [-0.05, 0) is 12.1 Å². The molecule has 1 fully saturated rings. The zero-order valence-corrected chi connectivity index (χ0v) is 14.3. The molecule has 22 heavy (non-hydrogen) atoms. The molecule has 1 aliphatic rings. The topological polar surface area (TPSA) is 15.3 Å². The van der Waals surface area contributed by atoms with Crippen molar-refractivity contribution in [2.24, 2.45) is 0 Å². The van der Waals surface area contributed by atoms with E-state index < -0.39 is 29.4 Å². The van der Waals surface area contributed by atoms with Gasteiger partial charge in [-0.2, -0.15) is 13.2 Å². The Morgan fingerprint density at radius 1 is 1.05 bits per heavy atom. The number of benzene rings is 1. The van der Waals surface area contributed by atoms with E-state index in [0.29, 0.717) is 13.1 Å². The van der Waals surface area contributed by atoms with Gasteiger partial charge in [0.15, 0.2) is 0 Å². The first-order valence-corrected chi connectivity index (χ1v) is 6.76. The average Bonchev–Trinajstić information content (AvgIpc) is 2.33. The van der Waals surface area contributed by atoms with Gasteiger partial charge in [-0.25, -0.2) is 8.78 Å². The summed E-state index contributed by atoms with van der Waals surface area (Å²) in [6.45, 7) is 0.872. The Morgan fingerprint density at radius 2 is 1.50 bits per heavy atom. The van der Waals surface area contributed by atoms with Crippen molar-refractivity contribution in [2.75, 3.05) is 26.2 Å². The number of rotatable bonds is 2. The molecule has 1 saturated heterocycles. The van der Waals surface area contributed by atoms with Gasteiger partial charge >= 0.3 is 6.18 Å². The lowest BCUT2D eigenvalue weighted by atomic mass is 10.0. The molecule has 1 aromatic carbocycles. The van der Waals surface area contributed by atoms with E-state index in [1.54, 1.807) is 0 Å². The van der Waals surface area contributed by atoms with Gasteiger partial charge in [0.25, 0.3) is 0 Å². The molecular weight excluding hydrogens is 418 g/mol. The van der Waals surface area contributed by atoms with Crippen LogP contribution in [0.4, 0.5) is 22.0 Å². The molecule has 0 saturated carbocycles. The molecule has 0 spiro atoms. The highest BCUT2D eigenvalue weighted by molar-refractivity contribution is 9.10. The Kier molecular flexibility index (Phi) is 8.57. The lowest BCUT2D eigenvalue weighted by molar-refractivity contribution is -0.189. The first kappa shape index (κ1) is 21.9. The van der Waals surface area contributed by atoms with E-state index in [-0.39, 0.29) is 42.4 Å². The summed E-state index contributed by atoms with van der Waals surface area (Å²) in [7, 11) is 0. The quantitative estimate of drug-likeness (QED) is 0.710. The zero-order valence-electron chi connectivity index (χ0n) is 11.1. The van der Waals surface area contributed by atoms with Gasteiger partial charge < -0.3 is 5.32 Å². The average molecular weight is 432 g/mol. The van der Waals surface area contributed by atoms with E-state index in [4.69, 9.17) is 0 Å². The molecule has 0 aromatic heterocycles. The zero-order chi connectivity index (χ0) is 14.9. The summed E-state index contributed by atoms with van der Waals surface area (Å²) >= 11 is 2.86. The molecule has 2 rings (SSSR count). The highest BCUT2D eigenvalue weighted by Gasteiger charge is 2.47. The van der Waals surface area contributed by atoms with Gasteiger partial charge in [-0.1, -0.05) is 15.9 Å². The van der Waals surface area contributed by atoms with Crippen molar-refractivity contribution in [1.29, 1.82) is 0 Å². The molecule has 0 unspecified atom stereocenters. The number of piperazine rings is 1. The minimum atomic E-state index is -4.74. The Balaban J connectivity index is 0.00000220. The molecule has 0 amide bonds. The maximum absolute atomic E-state index is 13.8. The predicted octanol–water partition coefficient (Wildman–Crippen LogP) is 4.08. The maximum Gasteiger partial charge on any atom is 0.408 e.